The van der Waals surface area contributed by atoms with Gasteiger partial charge in [-0.15, -0.1) is 13.2 Å². The summed E-state index contributed by atoms with van der Waals surface area (Å²) in [5.74, 6) is -0.176. The van der Waals surface area contributed by atoms with Crippen LogP contribution >= 0.6 is 0 Å². The van der Waals surface area contributed by atoms with E-state index in [0.29, 0.717) is 30.0 Å². The van der Waals surface area contributed by atoms with Crippen LogP contribution in [0.25, 0.3) is 17.1 Å². The number of aromatic amines is 1. The van der Waals surface area contributed by atoms with Crippen molar-refractivity contribution in [1.29, 1.82) is 0 Å². The number of amides is 1. The van der Waals surface area contributed by atoms with Crippen LogP contribution in [0.1, 0.15) is 46.2 Å². The quantitative estimate of drug-likeness (QED) is 0.434. The second-order valence-electron chi connectivity index (χ2n) is 8.52. The molecule has 0 radical (unpaired) electrons. The summed E-state index contributed by atoms with van der Waals surface area (Å²) in [5.41, 5.74) is 3.05. The van der Waals surface area contributed by atoms with Crippen molar-refractivity contribution in [3.63, 3.8) is 0 Å². The van der Waals surface area contributed by atoms with E-state index >= 15 is 0 Å². The molecule has 9 nitrogen and oxygen atoms in total. The van der Waals surface area contributed by atoms with E-state index < -0.39 is 18.2 Å². The van der Waals surface area contributed by atoms with E-state index in [-0.39, 0.29) is 17.3 Å². The van der Waals surface area contributed by atoms with Gasteiger partial charge in [0, 0.05) is 6.54 Å². The third-order valence-corrected chi connectivity index (χ3v) is 6.16. The summed E-state index contributed by atoms with van der Waals surface area (Å²) in [6, 6.07) is 8.93. The molecule has 1 N–H and O–H groups in total. The zero-order chi connectivity index (χ0) is 25.4. The lowest BCUT2D eigenvalue weighted by atomic mass is 10.0. The molecule has 1 unspecified atom stereocenters. The van der Waals surface area contributed by atoms with Crippen LogP contribution in [0, 0.1) is 13.8 Å². The van der Waals surface area contributed by atoms with Crippen LogP contribution in [-0.4, -0.2) is 53.9 Å². The average molecular weight is 497 g/mol. The maximum atomic E-state index is 13.7. The highest BCUT2D eigenvalue weighted by atomic mass is 19.4. The Morgan fingerprint density at radius 2 is 1.83 bits per heavy atom. The molecule has 0 spiro atoms. The molecule has 1 fully saturated rings. The van der Waals surface area contributed by atoms with Crippen LogP contribution in [0.2, 0.25) is 0 Å². The molecule has 2 aromatic carbocycles. The molecule has 1 aliphatic rings. The van der Waals surface area contributed by atoms with Gasteiger partial charge in [0.25, 0.3) is 5.91 Å². The number of hydrogen-bond donors (Lipinski definition) is 1. The SMILES string of the molecule is Cc1cc(C(=O)N2CCCC2c2nc(-c3ccccc3OC(F)(F)F)n[nH]2)c(-n2nccn2)cc1C. The van der Waals surface area contributed by atoms with Gasteiger partial charge in [-0.05, 0) is 62.1 Å². The van der Waals surface area contributed by atoms with Gasteiger partial charge in [0.05, 0.1) is 35.2 Å². The highest BCUT2D eigenvalue weighted by Crippen LogP contribution is 2.36. The van der Waals surface area contributed by atoms with Crippen LogP contribution in [0.3, 0.4) is 0 Å². The van der Waals surface area contributed by atoms with Gasteiger partial charge in [-0.2, -0.15) is 20.1 Å². The van der Waals surface area contributed by atoms with Crippen molar-refractivity contribution in [1.82, 2.24) is 35.1 Å². The van der Waals surface area contributed by atoms with Gasteiger partial charge in [-0.1, -0.05) is 12.1 Å². The fourth-order valence-corrected chi connectivity index (χ4v) is 4.34. The summed E-state index contributed by atoms with van der Waals surface area (Å²) in [7, 11) is 0. The minimum absolute atomic E-state index is 0.0526. The molecule has 4 aromatic rings. The first kappa shape index (κ1) is 23.5. The summed E-state index contributed by atoms with van der Waals surface area (Å²) >= 11 is 0. The number of likely N-dealkylation sites (tertiary alicyclic amines) is 1. The smallest absolute Gasteiger partial charge is 0.405 e. The Bertz CT molecular complexity index is 1400. The van der Waals surface area contributed by atoms with Gasteiger partial charge in [0.15, 0.2) is 5.82 Å². The van der Waals surface area contributed by atoms with Gasteiger partial charge in [-0.3, -0.25) is 9.89 Å². The first-order valence-electron chi connectivity index (χ1n) is 11.3. The van der Waals surface area contributed by atoms with Gasteiger partial charge in [-0.25, -0.2) is 4.98 Å². The molecule has 0 bridgehead atoms. The van der Waals surface area contributed by atoms with Crippen molar-refractivity contribution in [3.05, 3.63) is 71.3 Å². The first-order chi connectivity index (χ1) is 17.2. The fraction of sp³-hybridized carbons (Fsp3) is 0.292. The number of carbonyl (C=O) groups excluding carboxylic acids is 1. The molecule has 12 heteroatoms. The van der Waals surface area contributed by atoms with Crippen molar-refractivity contribution in [2.45, 2.75) is 39.1 Å². The Hall–Kier alpha value is -4.22. The Labute approximate surface area is 203 Å². The average Bonchev–Trinajstić information content (AvgIpc) is 3.60. The van der Waals surface area contributed by atoms with E-state index in [9.17, 15) is 18.0 Å². The molecule has 1 saturated heterocycles. The number of alkyl halides is 3. The standard InChI is InChI=1S/C24H22F3N7O2/c1-14-12-17(19(13-15(14)2)34-28-9-10-29-34)23(35)33-11-5-7-18(33)22-30-21(31-32-22)16-6-3-4-8-20(16)36-24(25,26)27/h3-4,6,8-10,12-13,18H,5,7,11H2,1-2H3,(H,30,31,32). The Kier molecular flexibility index (Phi) is 5.94. The number of aromatic nitrogens is 6. The Morgan fingerprint density at radius 3 is 2.58 bits per heavy atom. The number of para-hydroxylation sites is 1. The highest BCUT2D eigenvalue weighted by molar-refractivity contribution is 5.98. The number of aryl methyl sites for hydroxylation is 2. The van der Waals surface area contributed by atoms with Crippen molar-refractivity contribution in [2.75, 3.05) is 6.54 Å². The number of hydrogen-bond acceptors (Lipinski definition) is 6. The van der Waals surface area contributed by atoms with Crippen LogP contribution in [0.15, 0.2) is 48.8 Å². The van der Waals surface area contributed by atoms with Crippen molar-refractivity contribution in [2.24, 2.45) is 0 Å². The number of nitrogens with one attached hydrogen (secondary N) is 1. The highest BCUT2D eigenvalue weighted by Gasteiger charge is 2.35. The molecule has 5 rings (SSSR count). The molecule has 3 heterocycles. The van der Waals surface area contributed by atoms with E-state index in [1.165, 1.54) is 23.0 Å². The van der Waals surface area contributed by atoms with Gasteiger partial charge >= 0.3 is 6.36 Å². The molecular weight excluding hydrogens is 475 g/mol. The lowest BCUT2D eigenvalue weighted by molar-refractivity contribution is -0.274. The van der Waals surface area contributed by atoms with E-state index in [1.807, 2.05) is 26.0 Å². The molecule has 1 amide bonds. The minimum Gasteiger partial charge on any atom is -0.405 e. The number of H-pyrrole nitrogens is 1. The van der Waals surface area contributed by atoms with E-state index in [2.05, 4.69) is 30.1 Å². The third-order valence-electron chi connectivity index (χ3n) is 6.16. The summed E-state index contributed by atoms with van der Waals surface area (Å²) in [6.07, 6.45) is -0.407. The lowest BCUT2D eigenvalue weighted by Gasteiger charge is -2.24. The molecule has 1 atom stereocenters. The molecule has 0 saturated carbocycles. The molecule has 186 valence electrons. The molecular formula is C24H22F3N7O2. The second kappa shape index (κ2) is 9.10. The predicted molar refractivity (Wildman–Crippen MR) is 122 cm³/mol. The number of benzene rings is 2. The van der Waals surface area contributed by atoms with Crippen molar-refractivity contribution >= 4 is 5.91 Å². The van der Waals surface area contributed by atoms with Crippen LogP contribution in [-0.2, 0) is 0 Å². The third kappa shape index (κ3) is 4.53. The van der Waals surface area contributed by atoms with Crippen LogP contribution in [0.5, 0.6) is 5.75 Å². The number of carbonyl (C=O) groups is 1. The van der Waals surface area contributed by atoms with Crippen LogP contribution in [0.4, 0.5) is 13.2 Å². The van der Waals surface area contributed by atoms with E-state index in [0.717, 1.165) is 17.5 Å². The number of halogens is 3. The number of ether oxygens (including phenoxy) is 1. The Morgan fingerprint density at radius 1 is 1.11 bits per heavy atom. The molecule has 36 heavy (non-hydrogen) atoms. The zero-order valence-electron chi connectivity index (χ0n) is 19.5. The summed E-state index contributed by atoms with van der Waals surface area (Å²) in [6.45, 7) is 4.37. The lowest BCUT2D eigenvalue weighted by Crippen LogP contribution is -2.32. The maximum Gasteiger partial charge on any atom is 0.573 e. The second-order valence-corrected chi connectivity index (χ2v) is 8.52. The zero-order valence-corrected chi connectivity index (χ0v) is 19.5. The van der Waals surface area contributed by atoms with Gasteiger partial charge in [0.2, 0.25) is 0 Å². The number of rotatable bonds is 5. The largest absolute Gasteiger partial charge is 0.573 e. The van der Waals surface area contributed by atoms with Crippen LogP contribution < -0.4 is 4.74 Å². The van der Waals surface area contributed by atoms with Crippen molar-refractivity contribution in [3.8, 4) is 22.8 Å². The minimum atomic E-state index is -4.85. The van der Waals surface area contributed by atoms with E-state index in [4.69, 9.17) is 0 Å². The summed E-state index contributed by atoms with van der Waals surface area (Å²) in [4.78, 5) is 21.3. The monoisotopic (exact) mass is 497 g/mol. The topological polar surface area (TPSA) is 102 Å². The summed E-state index contributed by atoms with van der Waals surface area (Å²) in [5, 5.41) is 15.3. The number of nitrogens with zero attached hydrogens (tertiary/aromatic N) is 6. The Balaban J connectivity index is 1.47. The molecule has 0 aliphatic carbocycles. The molecule has 2 aromatic heterocycles. The normalized spacial score (nSPS) is 15.9. The fourth-order valence-electron chi connectivity index (χ4n) is 4.34. The van der Waals surface area contributed by atoms with Crippen molar-refractivity contribution < 1.29 is 22.7 Å². The molecule has 1 aliphatic heterocycles. The summed E-state index contributed by atoms with van der Waals surface area (Å²) < 4.78 is 42.7. The van der Waals surface area contributed by atoms with E-state index in [1.54, 1.807) is 23.4 Å². The maximum absolute atomic E-state index is 13.7. The predicted octanol–water partition coefficient (Wildman–Crippen LogP) is 4.55. The van der Waals surface area contributed by atoms with Gasteiger partial charge in [0.1, 0.15) is 11.6 Å². The first-order valence-corrected chi connectivity index (χ1v) is 11.3. The van der Waals surface area contributed by atoms with Gasteiger partial charge < -0.3 is 9.64 Å².